The van der Waals surface area contributed by atoms with E-state index >= 15 is 0 Å². The number of amides is 1. The number of rotatable bonds is 4. The highest BCUT2D eigenvalue weighted by atomic mass is 35.5. The van der Waals surface area contributed by atoms with Gasteiger partial charge in [-0.05, 0) is 37.6 Å². The summed E-state index contributed by atoms with van der Waals surface area (Å²) in [6, 6.07) is 7.48. The number of carbonyl (C=O) groups is 1. The van der Waals surface area contributed by atoms with E-state index < -0.39 is 11.5 Å². The molecule has 1 amide bonds. The predicted molar refractivity (Wildman–Crippen MR) is 100 cm³/mol. The fourth-order valence-electron chi connectivity index (χ4n) is 2.68. The molecule has 0 spiro atoms. The van der Waals surface area contributed by atoms with E-state index in [2.05, 4.69) is 9.97 Å². The summed E-state index contributed by atoms with van der Waals surface area (Å²) in [5.74, 6) is -0.507. The Morgan fingerprint density at radius 2 is 2.08 bits per heavy atom. The van der Waals surface area contributed by atoms with Gasteiger partial charge in [-0.1, -0.05) is 23.7 Å². The number of carbonyl (C=O) groups excluding carboxylic acids is 1. The lowest BCUT2D eigenvalue weighted by Gasteiger charge is -2.19. The molecule has 128 valence electrons. The number of nitrogens with zero attached hydrogens (tertiary/aromatic N) is 1. The number of aromatic amines is 1. The molecule has 4 N–H and O–H groups in total. The van der Waals surface area contributed by atoms with E-state index in [0.717, 1.165) is 22.1 Å². The van der Waals surface area contributed by atoms with Gasteiger partial charge < -0.3 is 15.8 Å². The monoisotopic (exact) mass is 355 g/mol. The number of nitrogens with one attached hydrogen (secondary N) is 1. The zero-order chi connectivity index (χ0) is 18.2. The third-order valence-electron chi connectivity index (χ3n) is 3.95. The lowest BCUT2D eigenvalue weighted by molar-refractivity contribution is -0.113. The average molecular weight is 356 g/mol. The first kappa shape index (κ1) is 17.2. The lowest BCUT2D eigenvalue weighted by Crippen LogP contribution is -2.15. The van der Waals surface area contributed by atoms with Gasteiger partial charge in [-0.25, -0.2) is 4.98 Å². The first-order chi connectivity index (χ1) is 11.8. The van der Waals surface area contributed by atoms with Gasteiger partial charge in [0.2, 0.25) is 5.91 Å². The van der Waals surface area contributed by atoms with E-state index in [0.29, 0.717) is 16.2 Å². The van der Waals surface area contributed by atoms with Gasteiger partial charge in [-0.15, -0.1) is 0 Å². The average Bonchev–Trinajstić information content (AvgIpc) is 2.93. The Morgan fingerprint density at radius 1 is 1.32 bits per heavy atom. The van der Waals surface area contributed by atoms with Crippen LogP contribution in [0.2, 0.25) is 5.02 Å². The van der Waals surface area contributed by atoms with Crippen LogP contribution in [0.1, 0.15) is 25.0 Å². The molecule has 0 atom stereocenters. The molecular weight excluding hydrogens is 338 g/mol. The second-order valence-electron chi connectivity index (χ2n) is 6.35. The highest BCUT2D eigenvalue weighted by Crippen LogP contribution is 2.32. The normalized spacial score (nSPS) is 12.2. The molecule has 6 heteroatoms. The minimum Gasteiger partial charge on any atom is -0.386 e. The molecule has 1 aromatic carbocycles. The van der Waals surface area contributed by atoms with Gasteiger partial charge in [-0.3, -0.25) is 4.79 Å². The molecule has 0 unspecified atom stereocenters. The fraction of sp³-hybridized carbons (Fsp3) is 0.158. The van der Waals surface area contributed by atoms with Crippen LogP contribution in [0.15, 0.2) is 42.7 Å². The second kappa shape index (κ2) is 6.35. The highest BCUT2D eigenvalue weighted by molar-refractivity contribution is 6.31. The number of aliphatic hydroxyl groups is 1. The van der Waals surface area contributed by atoms with E-state index in [1.54, 1.807) is 32.3 Å². The highest BCUT2D eigenvalue weighted by Gasteiger charge is 2.19. The van der Waals surface area contributed by atoms with E-state index in [1.165, 1.54) is 6.08 Å². The SMILES string of the molecule is CC(C)(O)c1ccc(-c2cnc3[nH]cc(C=CC(N)=O)c3c2)cc1Cl. The number of benzene rings is 1. The van der Waals surface area contributed by atoms with Crippen molar-refractivity contribution in [2.24, 2.45) is 5.73 Å². The summed E-state index contributed by atoms with van der Waals surface area (Å²) in [5.41, 5.74) is 8.11. The first-order valence-electron chi connectivity index (χ1n) is 7.73. The molecule has 0 fully saturated rings. The summed E-state index contributed by atoms with van der Waals surface area (Å²) in [6.07, 6.45) is 6.47. The molecule has 0 aliphatic rings. The summed E-state index contributed by atoms with van der Waals surface area (Å²) in [4.78, 5) is 18.4. The van der Waals surface area contributed by atoms with Crippen molar-refractivity contribution < 1.29 is 9.90 Å². The summed E-state index contributed by atoms with van der Waals surface area (Å²) >= 11 is 6.33. The predicted octanol–water partition coefficient (Wildman–Crippen LogP) is 3.61. The standard InChI is InChI=1S/C19H18ClN3O2/c1-19(2,25)15-5-3-11(8-16(15)20)13-7-14-12(4-6-17(21)24)9-22-18(14)23-10-13/h3-10,25H,1-2H3,(H2,21,24)(H,22,23). The number of fused-ring (bicyclic) bond motifs is 1. The number of aromatic nitrogens is 2. The maximum atomic E-state index is 10.9. The Morgan fingerprint density at radius 3 is 2.72 bits per heavy atom. The van der Waals surface area contributed by atoms with Crippen molar-refractivity contribution in [1.29, 1.82) is 0 Å². The summed E-state index contributed by atoms with van der Waals surface area (Å²) in [7, 11) is 0. The molecule has 3 aromatic rings. The maximum absolute atomic E-state index is 10.9. The molecular formula is C19H18ClN3O2. The lowest BCUT2D eigenvalue weighted by atomic mass is 9.95. The Balaban J connectivity index is 2.06. The van der Waals surface area contributed by atoms with Crippen molar-refractivity contribution in [3.05, 3.63) is 58.9 Å². The molecule has 25 heavy (non-hydrogen) atoms. The second-order valence-corrected chi connectivity index (χ2v) is 6.76. The zero-order valence-corrected chi connectivity index (χ0v) is 14.6. The van der Waals surface area contributed by atoms with E-state index in [4.69, 9.17) is 17.3 Å². The van der Waals surface area contributed by atoms with Gasteiger partial charge in [0.05, 0.1) is 5.60 Å². The van der Waals surface area contributed by atoms with Crippen molar-refractivity contribution in [1.82, 2.24) is 9.97 Å². The number of halogens is 1. The van der Waals surface area contributed by atoms with Gasteiger partial charge in [0, 0.05) is 45.6 Å². The minimum absolute atomic E-state index is 0.494. The number of hydrogen-bond donors (Lipinski definition) is 3. The Bertz CT molecular complexity index is 984. The molecule has 3 rings (SSSR count). The van der Waals surface area contributed by atoms with Crippen molar-refractivity contribution in [3.8, 4) is 11.1 Å². The summed E-state index contributed by atoms with van der Waals surface area (Å²) in [6.45, 7) is 3.39. The summed E-state index contributed by atoms with van der Waals surface area (Å²) < 4.78 is 0. The number of H-pyrrole nitrogens is 1. The van der Waals surface area contributed by atoms with Crippen LogP contribution in [0.5, 0.6) is 0 Å². The van der Waals surface area contributed by atoms with Gasteiger partial charge >= 0.3 is 0 Å². The number of pyridine rings is 1. The van der Waals surface area contributed by atoms with Crippen molar-refractivity contribution >= 4 is 34.6 Å². The zero-order valence-electron chi connectivity index (χ0n) is 13.9. The first-order valence-corrected chi connectivity index (χ1v) is 8.11. The Hall–Kier alpha value is -2.63. The van der Waals surface area contributed by atoms with Crippen LogP contribution in [0.4, 0.5) is 0 Å². The van der Waals surface area contributed by atoms with Crippen LogP contribution in [0.25, 0.3) is 28.2 Å². The molecule has 0 aliphatic heterocycles. The van der Waals surface area contributed by atoms with E-state index in [1.807, 2.05) is 24.3 Å². The summed E-state index contributed by atoms with van der Waals surface area (Å²) in [5, 5.41) is 11.5. The van der Waals surface area contributed by atoms with Crippen LogP contribution in [-0.4, -0.2) is 21.0 Å². The van der Waals surface area contributed by atoms with Gasteiger partial charge in [0.15, 0.2) is 0 Å². The molecule has 5 nitrogen and oxygen atoms in total. The molecule has 0 saturated carbocycles. The largest absolute Gasteiger partial charge is 0.386 e. The van der Waals surface area contributed by atoms with Crippen molar-refractivity contribution in [3.63, 3.8) is 0 Å². The third-order valence-corrected chi connectivity index (χ3v) is 4.26. The molecule has 0 aliphatic carbocycles. The van der Waals surface area contributed by atoms with Crippen LogP contribution < -0.4 is 5.73 Å². The number of primary amides is 1. The van der Waals surface area contributed by atoms with Crippen LogP contribution in [-0.2, 0) is 10.4 Å². The Kier molecular flexibility index (Phi) is 4.37. The van der Waals surface area contributed by atoms with Crippen molar-refractivity contribution in [2.75, 3.05) is 0 Å². The van der Waals surface area contributed by atoms with E-state index in [9.17, 15) is 9.90 Å². The van der Waals surface area contributed by atoms with Crippen molar-refractivity contribution in [2.45, 2.75) is 19.4 Å². The smallest absolute Gasteiger partial charge is 0.241 e. The molecule has 0 saturated heterocycles. The van der Waals surface area contributed by atoms with Gasteiger partial charge in [0.1, 0.15) is 5.65 Å². The Labute approximate surface area is 150 Å². The van der Waals surface area contributed by atoms with Gasteiger partial charge in [-0.2, -0.15) is 0 Å². The molecule has 0 bridgehead atoms. The van der Waals surface area contributed by atoms with Crippen LogP contribution in [0, 0.1) is 0 Å². The van der Waals surface area contributed by atoms with Gasteiger partial charge in [0.25, 0.3) is 0 Å². The fourth-order valence-corrected chi connectivity index (χ4v) is 3.09. The molecule has 2 aromatic heterocycles. The quantitative estimate of drug-likeness (QED) is 0.624. The van der Waals surface area contributed by atoms with Crippen LogP contribution in [0.3, 0.4) is 0 Å². The topological polar surface area (TPSA) is 92.0 Å². The number of hydrogen-bond acceptors (Lipinski definition) is 3. The molecule has 2 heterocycles. The van der Waals surface area contributed by atoms with Crippen LogP contribution >= 0.6 is 11.6 Å². The van der Waals surface area contributed by atoms with E-state index in [-0.39, 0.29) is 0 Å². The maximum Gasteiger partial charge on any atom is 0.241 e. The minimum atomic E-state index is -1.01. The molecule has 0 radical (unpaired) electrons. The third kappa shape index (κ3) is 3.57. The number of nitrogens with two attached hydrogens (primary N) is 1.